The van der Waals surface area contributed by atoms with Crippen molar-refractivity contribution in [2.24, 2.45) is 5.10 Å². The van der Waals surface area contributed by atoms with Gasteiger partial charge in [0, 0.05) is 22.2 Å². The molecule has 122 valence electrons. The average molecular weight is 340 g/mol. The van der Waals surface area contributed by atoms with Gasteiger partial charge in [0.25, 0.3) is 0 Å². The number of halogens is 1. The number of rotatable bonds is 5. The first-order valence-electron chi connectivity index (χ1n) is 7.74. The molecule has 0 saturated carbocycles. The second-order valence-corrected chi connectivity index (χ2v) is 5.78. The molecule has 0 fully saturated rings. The number of fused-ring (bicyclic) bond motifs is 1. The van der Waals surface area contributed by atoms with Gasteiger partial charge >= 0.3 is 0 Å². The van der Waals surface area contributed by atoms with Crippen molar-refractivity contribution in [2.45, 2.75) is 13.8 Å². The zero-order valence-electron chi connectivity index (χ0n) is 13.6. The van der Waals surface area contributed by atoms with Crippen LogP contribution in [-0.2, 0) is 0 Å². The van der Waals surface area contributed by atoms with Gasteiger partial charge in [0.05, 0.1) is 24.0 Å². The van der Waals surface area contributed by atoms with E-state index in [-0.39, 0.29) is 0 Å². The number of hydrogen-bond acceptors (Lipinski definition) is 4. The van der Waals surface area contributed by atoms with Crippen LogP contribution in [0, 0.1) is 6.92 Å². The standard InChI is InChI=1S/C19H18ClN3O/c1-3-24-16-8-9-17-18(11-16)22-13(2)10-19(17)23-21-12-14-4-6-15(20)7-5-14/h4-12H,3H2,1-2H3,(H,22,23)/b21-12+. The molecular weight excluding hydrogens is 322 g/mol. The molecule has 0 aliphatic heterocycles. The van der Waals surface area contributed by atoms with Crippen LogP contribution in [0.2, 0.25) is 5.02 Å². The Morgan fingerprint density at radius 1 is 1.17 bits per heavy atom. The lowest BCUT2D eigenvalue weighted by molar-refractivity contribution is 0.340. The Kier molecular flexibility index (Phi) is 4.96. The van der Waals surface area contributed by atoms with Gasteiger partial charge in [0.2, 0.25) is 0 Å². The van der Waals surface area contributed by atoms with Crippen LogP contribution in [0.15, 0.2) is 53.6 Å². The summed E-state index contributed by atoms with van der Waals surface area (Å²) in [5.74, 6) is 0.818. The first kappa shape index (κ1) is 16.3. The summed E-state index contributed by atoms with van der Waals surface area (Å²) in [6, 6.07) is 15.4. The molecule has 1 heterocycles. The lowest BCUT2D eigenvalue weighted by atomic mass is 10.1. The SMILES string of the molecule is CCOc1ccc2c(N/N=C/c3ccc(Cl)cc3)cc(C)nc2c1. The van der Waals surface area contributed by atoms with E-state index in [1.165, 1.54) is 0 Å². The molecule has 2 aromatic carbocycles. The number of pyridine rings is 1. The molecule has 1 N–H and O–H groups in total. The molecule has 3 aromatic rings. The van der Waals surface area contributed by atoms with Crippen LogP contribution in [0.5, 0.6) is 5.75 Å². The van der Waals surface area contributed by atoms with Crippen LogP contribution in [0.3, 0.4) is 0 Å². The van der Waals surface area contributed by atoms with Gasteiger partial charge in [-0.15, -0.1) is 0 Å². The molecule has 0 aliphatic carbocycles. The van der Waals surface area contributed by atoms with Gasteiger partial charge in [-0.25, -0.2) is 0 Å². The minimum absolute atomic E-state index is 0.633. The van der Waals surface area contributed by atoms with E-state index in [4.69, 9.17) is 16.3 Å². The summed E-state index contributed by atoms with van der Waals surface area (Å²) in [6.45, 7) is 4.56. The molecule has 3 rings (SSSR count). The number of anilines is 1. The lowest BCUT2D eigenvalue weighted by Gasteiger charge is -2.09. The molecular formula is C19H18ClN3O. The van der Waals surface area contributed by atoms with Gasteiger partial charge in [0.1, 0.15) is 5.75 Å². The number of aryl methyl sites for hydroxylation is 1. The normalized spacial score (nSPS) is 11.1. The molecule has 0 spiro atoms. The minimum atomic E-state index is 0.633. The van der Waals surface area contributed by atoms with Crippen LogP contribution in [0.4, 0.5) is 5.69 Å². The van der Waals surface area contributed by atoms with Crippen molar-refractivity contribution in [1.82, 2.24) is 4.98 Å². The topological polar surface area (TPSA) is 46.5 Å². The Morgan fingerprint density at radius 2 is 1.96 bits per heavy atom. The average Bonchev–Trinajstić information content (AvgIpc) is 2.56. The zero-order valence-corrected chi connectivity index (χ0v) is 14.3. The molecule has 5 heteroatoms. The summed E-state index contributed by atoms with van der Waals surface area (Å²) < 4.78 is 5.54. The van der Waals surface area contributed by atoms with Gasteiger partial charge < -0.3 is 4.74 Å². The maximum atomic E-state index is 5.88. The van der Waals surface area contributed by atoms with E-state index in [0.29, 0.717) is 11.6 Å². The number of benzene rings is 2. The molecule has 0 radical (unpaired) electrons. The summed E-state index contributed by atoms with van der Waals surface area (Å²) in [7, 11) is 0. The monoisotopic (exact) mass is 339 g/mol. The Morgan fingerprint density at radius 3 is 2.71 bits per heavy atom. The maximum Gasteiger partial charge on any atom is 0.121 e. The Labute approximate surface area is 146 Å². The highest BCUT2D eigenvalue weighted by atomic mass is 35.5. The van der Waals surface area contributed by atoms with Gasteiger partial charge in [-0.05, 0) is 49.7 Å². The molecule has 4 nitrogen and oxygen atoms in total. The number of hydrazone groups is 1. The third-order valence-corrected chi connectivity index (χ3v) is 3.74. The molecule has 0 aliphatic rings. The van der Waals surface area contributed by atoms with Crippen LogP contribution in [0.1, 0.15) is 18.2 Å². The van der Waals surface area contributed by atoms with Crippen molar-refractivity contribution in [3.63, 3.8) is 0 Å². The van der Waals surface area contributed by atoms with E-state index in [9.17, 15) is 0 Å². The second kappa shape index (κ2) is 7.32. The van der Waals surface area contributed by atoms with E-state index in [1.54, 1.807) is 6.21 Å². The zero-order chi connectivity index (χ0) is 16.9. The fourth-order valence-corrected chi connectivity index (χ4v) is 2.54. The molecule has 0 saturated heterocycles. The summed E-state index contributed by atoms with van der Waals surface area (Å²) in [5, 5.41) is 6.02. The van der Waals surface area contributed by atoms with Gasteiger partial charge in [-0.2, -0.15) is 5.10 Å². The second-order valence-electron chi connectivity index (χ2n) is 5.34. The fraction of sp³-hybridized carbons (Fsp3) is 0.158. The summed E-state index contributed by atoms with van der Waals surface area (Å²) >= 11 is 5.88. The number of nitrogens with one attached hydrogen (secondary N) is 1. The van der Waals surface area contributed by atoms with Gasteiger partial charge in [-0.3, -0.25) is 10.4 Å². The van der Waals surface area contributed by atoms with E-state index in [1.807, 2.05) is 62.4 Å². The predicted molar refractivity (Wildman–Crippen MR) is 100 cm³/mol. The smallest absolute Gasteiger partial charge is 0.121 e. The lowest BCUT2D eigenvalue weighted by Crippen LogP contribution is -1.96. The van der Waals surface area contributed by atoms with Crippen LogP contribution in [0.25, 0.3) is 10.9 Å². The summed E-state index contributed by atoms with van der Waals surface area (Å²) in [4.78, 5) is 4.57. The molecule has 0 unspecified atom stereocenters. The Hall–Kier alpha value is -2.59. The number of aromatic nitrogens is 1. The summed E-state index contributed by atoms with van der Waals surface area (Å²) in [6.07, 6.45) is 1.76. The maximum absolute atomic E-state index is 5.88. The first-order valence-corrected chi connectivity index (χ1v) is 8.12. The van der Waals surface area contributed by atoms with E-state index in [0.717, 1.165) is 33.6 Å². The highest BCUT2D eigenvalue weighted by Crippen LogP contribution is 2.26. The number of nitrogens with zero attached hydrogens (tertiary/aromatic N) is 2. The van der Waals surface area contributed by atoms with Crippen molar-refractivity contribution in [2.75, 3.05) is 12.0 Å². The molecule has 0 bridgehead atoms. The Balaban J connectivity index is 1.86. The quantitative estimate of drug-likeness (QED) is 0.523. The highest BCUT2D eigenvalue weighted by Gasteiger charge is 2.05. The predicted octanol–water partition coefficient (Wildman–Crippen LogP) is 5.04. The third-order valence-electron chi connectivity index (χ3n) is 3.49. The molecule has 24 heavy (non-hydrogen) atoms. The Bertz CT molecular complexity index is 876. The van der Waals surface area contributed by atoms with Gasteiger partial charge in [-0.1, -0.05) is 23.7 Å². The van der Waals surface area contributed by atoms with Crippen LogP contribution in [-0.4, -0.2) is 17.8 Å². The fourth-order valence-electron chi connectivity index (χ4n) is 2.41. The number of hydrogen-bond donors (Lipinski definition) is 1. The van der Waals surface area contributed by atoms with Crippen molar-refractivity contribution in [3.05, 3.63) is 64.8 Å². The number of ether oxygens (including phenoxy) is 1. The van der Waals surface area contributed by atoms with Crippen LogP contribution >= 0.6 is 11.6 Å². The first-order chi connectivity index (χ1) is 11.7. The van der Waals surface area contributed by atoms with E-state index in [2.05, 4.69) is 15.5 Å². The van der Waals surface area contributed by atoms with Crippen LogP contribution < -0.4 is 10.2 Å². The summed E-state index contributed by atoms with van der Waals surface area (Å²) in [5.41, 5.74) is 6.78. The highest BCUT2D eigenvalue weighted by molar-refractivity contribution is 6.30. The third kappa shape index (κ3) is 3.84. The largest absolute Gasteiger partial charge is 0.494 e. The van der Waals surface area contributed by atoms with Crippen molar-refractivity contribution >= 4 is 34.4 Å². The molecule has 0 amide bonds. The minimum Gasteiger partial charge on any atom is -0.494 e. The van der Waals surface area contributed by atoms with Crippen molar-refractivity contribution in [1.29, 1.82) is 0 Å². The van der Waals surface area contributed by atoms with E-state index >= 15 is 0 Å². The van der Waals surface area contributed by atoms with Crippen molar-refractivity contribution in [3.8, 4) is 5.75 Å². The van der Waals surface area contributed by atoms with E-state index < -0.39 is 0 Å². The van der Waals surface area contributed by atoms with Crippen molar-refractivity contribution < 1.29 is 4.74 Å². The molecule has 1 aromatic heterocycles. The molecule has 0 atom stereocenters. The van der Waals surface area contributed by atoms with Gasteiger partial charge in [0.15, 0.2) is 0 Å².